The summed E-state index contributed by atoms with van der Waals surface area (Å²) in [5.74, 6) is 0.410. The lowest BCUT2D eigenvalue weighted by atomic mass is 9.88. The molecule has 2 aliphatic rings. The highest BCUT2D eigenvalue weighted by Crippen LogP contribution is 2.34. The van der Waals surface area contributed by atoms with Crippen LogP contribution in [0.2, 0.25) is 0 Å². The lowest BCUT2D eigenvalue weighted by Crippen LogP contribution is -2.41. The summed E-state index contributed by atoms with van der Waals surface area (Å²) in [5.41, 5.74) is 3.53. The first-order valence-electron chi connectivity index (χ1n) is 9.92. The number of carbonyl (C=O) groups excluding carboxylic acids is 1. The molecule has 1 amide bonds. The molecule has 1 aliphatic carbocycles. The van der Waals surface area contributed by atoms with E-state index in [4.69, 9.17) is 9.72 Å². The fraction of sp³-hybridized carbons (Fsp3) is 0.619. The number of thiazole rings is 1. The number of nitrogens with zero attached hydrogens (tertiary/aromatic N) is 2. The van der Waals surface area contributed by atoms with Gasteiger partial charge in [0.15, 0.2) is 5.13 Å². The van der Waals surface area contributed by atoms with Gasteiger partial charge in [0.05, 0.1) is 22.9 Å². The van der Waals surface area contributed by atoms with Crippen molar-refractivity contribution in [3.05, 3.63) is 23.3 Å². The van der Waals surface area contributed by atoms with Gasteiger partial charge in [-0.05, 0) is 62.8 Å². The van der Waals surface area contributed by atoms with Crippen LogP contribution in [-0.4, -0.2) is 30.1 Å². The van der Waals surface area contributed by atoms with E-state index < -0.39 is 0 Å². The van der Waals surface area contributed by atoms with Crippen LogP contribution in [0.25, 0.3) is 10.2 Å². The zero-order chi connectivity index (χ0) is 18.1. The lowest BCUT2D eigenvalue weighted by Gasteiger charge is -2.29. The van der Waals surface area contributed by atoms with E-state index in [0.29, 0.717) is 6.54 Å². The Balaban J connectivity index is 1.65. The van der Waals surface area contributed by atoms with Crippen LogP contribution in [0.1, 0.15) is 56.1 Å². The average molecular weight is 373 g/mol. The van der Waals surface area contributed by atoms with Crippen molar-refractivity contribution < 1.29 is 9.53 Å². The second-order valence-corrected chi connectivity index (χ2v) is 8.83. The van der Waals surface area contributed by atoms with Gasteiger partial charge in [-0.25, -0.2) is 4.98 Å². The number of anilines is 1. The molecule has 0 spiro atoms. The van der Waals surface area contributed by atoms with Crippen LogP contribution in [0.3, 0.4) is 0 Å². The normalized spacial score (nSPS) is 21.4. The van der Waals surface area contributed by atoms with Crippen molar-refractivity contribution in [1.82, 2.24) is 4.98 Å². The van der Waals surface area contributed by atoms with E-state index >= 15 is 0 Å². The monoisotopic (exact) mass is 372 g/mol. The minimum atomic E-state index is 0.151. The maximum atomic E-state index is 13.3. The summed E-state index contributed by atoms with van der Waals surface area (Å²) >= 11 is 1.64. The van der Waals surface area contributed by atoms with Crippen molar-refractivity contribution in [1.29, 1.82) is 0 Å². The van der Waals surface area contributed by atoms with Crippen LogP contribution in [0, 0.1) is 19.8 Å². The maximum absolute atomic E-state index is 13.3. The molecule has 140 valence electrons. The number of fused-ring (bicyclic) bond motifs is 1. The van der Waals surface area contributed by atoms with Crippen molar-refractivity contribution in [3.8, 4) is 0 Å². The van der Waals surface area contributed by atoms with Gasteiger partial charge in [-0.2, -0.15) is 0 Å². The molecule has 0 bridgehead atoms. The number of rotatable bonds is 4. The van der Waals surface area contributed by atoms with Crippen LogP contribution in [-0.2, 0) is 9.53 Å². The zero-order valence-corrected chi connectivity index (χ0v) is 16.6. The average Bonchev–Trinajstić information content (AvgIpc) is 3.30. The summed E-state index contributed by atoms with van der Waals surface area (Å²) in [6.45, 7) is 5.71. The van der Waals surface area contributed by atoms with Crippen molar-refractivity contribution in [2.24, 2.45) is 5.92 Å². The Morgan fingerprint density at radius 3 is 2.65 bits per heavy atom. The second kappa shape index (κ2) is 7.65. The summed E-state index contributed by atoms with van der Waals surface area (Å²) < 4.78 is 7.00. The zero-order valence-electron chi connectivity index (χ0n) is 15.8. The molecule has 2 aromatic rings. The molecule has 26 heavy (non-hydrogen) atoms. The van der Waals surface area contributed by atoms with E-state index in [2.05, 4.69) is 26.0 Å². The molecule has 4 nitrogen and oxygen atoms in total. The number of aryl methyl sites for hydroxylation is 2. The van der Waals surface area contributed by atoms with Gasteiger partial charge in [0.25, 0.3) is 0 Å². The summed E-state index contributed by atoms with van der Waals surface area (Å²) in [6.07, 6.45) is 7.91. The molecule has 4 rings (SSSR count). The third-order valence-corrected chi connectivity index (χ3v) is 6.90. The van der Waals surface area contributed by atoms with E-state index in [1.165, 1.54) is 30.4 Å². The molecule has 5 heteroatoms. The highest BCUT2D eigenvalue weighted by Gasteiger charge is 2.31. The molecular weight excluding hydrogens is 344 g/mol. The number of benzene rings is 1. The van der Waals surface area contributed by atoms with Gasteiger partial charge in [0.2, 0.25) is 5.91 Å². The Hall–Kier alpha value is -1.46. The van der Waals surface area contributed by atoms with Gasteiger partial charge in [-0.1, -0.05) is 30.6 Å². The van der Waals surface area contributed by atoms with Crippen molar-refractivity contribution in [2.75, 3.05) is 18.1 Å². The molecule has 0 radical (unpaired) electrons. The fourth-order valence-corrected chi connectivity index (χ4v) is 5.17. The van der Waals surface area contributed by atoms with Crippen LogP contribution in [0.4, 0.5) is 5.13 Å². The lowest BCUT2D eigenvalue weighted by molar-refractivity contribution is -0.123. The fourth-order valence-electron chi connectivity index (χ4n) is 4.11. The predicted octanol–water partition coefficient (Wildman–Crippen LogP) is 5.01. The predicted molar refractivity (Wildman–Crippen MR) is 107 cm³/mol. The smallest absolute Gasteiger partial charge is 0.231 e. The van der Waals surface area contributed by atoms with Gasteiger partial charge in [-0.3, -0.25) is 9.69 Å². The van der Waals surface area contributed by atoms with E-state index in [1.54, 1.807) is 11.3 Å². The standard InChI is InChI=1S/C21H28N2O2S/c1-14-11-18-19(12-15(14)2)26-21(22-18)23(13-17-9-6-10-25-17)20(24)16-7-4-3-5-8-16/h11-12,16-17H,3-10,13H2,1-2H3. The Morgan fingerprint density at radius 2 is 1.92 bits per heavy atom. The molecule has 1 aromatic heterocycles. The Bertz CT molecular complexity index is 750. The molecule has 2 heterocycles. The third-order valence-electron chi connectivity index (χ3n) is 5.85. The van der Waals surface area contributed by atoms with Crippen molar-refractivity contribution in [3.63, 3.8) is 0 Å². The maximum Gasteiger partial charge on any atom is 0.231 e. The molecule has 1 unspecified atom stereocenters. The number of ether oxygens (including phenoxy) is 1. The third kappa shape index (κ3) is 3.65. The van der Waals surface area contributed by atoms with E-state index in [9.17, 15) is 4.79 Å². The van der Waals surface area contributed by atoms with Gasteiger partial charge in [-0.15, -0.1) is 0 Å². The van der Waals surface area contributed by atoms with Crippen LogP contribution in [0.5, 0.6) is 0 Å². The minimum absolute atomic E-state index is 0.151. The summed E-state index contributed by atoms with van der Waals surface area (Å²) in [7, 11) is 0. The number of amides is 1. The molecule has 1 saturated carbocycles. The molecule has 1 atom stereocenters. The van der Waals surface area contributed by atoms with E-state index in [-0.39, 0.29) is 17.9 Å². The highest BCUT2D eigenvalue weighted by molar-refractivity contribution is 7.22. The van der Waals surface area contributed by atoms with Gasteiger partial charge < -0.3 is 4.74 Å². The largest absolute Gasteiger partial charge is 0.376 e. The molecule has 0 N–H and O–H groups in total. The van der Waals surface area contributed by atoms with Crippen LogP contribution >= 0.6 is 11.3 Å². The number of hydrogen-bond acceptors (Lipinski definition) is 4. The quantitative estimate of drug-likeness (QED) is 0.758. The topological polar surface area (TPSA) is 42.4 Å². The van der Waals surface area contributed by atoms with Crippen LogP contribution in [0.15, 0.2) is 12.1 Å². The summed E-state index contributed by atoms with van der Waals surface area (Å²) in [6, 6.07) is 4.33. The molecule has 2 fully saturated rings. The first-order valence-corrected chi connectivity index (χ1v) is 10.7. The molecule has 1 saturated heterocycles. The highest BCUT2D eigenvalue weighted by atomic mass is 32.1. The first-order chi connectivity index (χ1) is 12.6. The second-order valence-electron chi connectivity index (χ2n) is 7.82. The van der Waals surface area contributed by atoms with Gasteiger partial charge >= 0.3 is 0 Å². The minimum Gasteiger partial charge on any atom is -0.376 e. The first kappa shape index (κ1) is 17.9. The van der Waals surface area contributed by atoms with Gasteiger partial charge in [0, 0.05) is 12.5 Å². The Labute approximate surface area is 159 Å². The Kier molecular flexibility index (Phi) is 5.28. The van der Waals surface area contributed by atoms with Gasteiger partial charge in [0.1, 0.15) is 0 Å². The van der Waals surface area contributed by atoms with Crippen molar-refractivity contribution >= 4 is 32.6 Å². The molecular formula is C21H28N2O2S. The summed E-state index contributed by atoms with van der Waals surface area (Å²) in [4.78, 5) is 20.1. The van der Waals surface area contributed by atoms with Crippen molar-refractivity contribution in [2.45, 2.75) is 64.9 Å². The SMILES string of the molecule is Cc1cc2nc(N(CC3CCCO3)C(=O)C3CCCCC3)sc2cc1C. The van der Waals surface area contributed by atoms with E-state index in [1.807, 2.05) is 4.90 Å². The number of hydrogen-bond donors (Lipinski definition) is 0. The van der Waals surface area contributed by atoms with E-state index in [0.717, 1.165) is 47.6 Å². The molecule has 1 aliphatic heterocycles. The summed E-state index contributed by atoms with van der Waals surface area (Å²) in [5, 5.41) is 0.844. The molecule has 1 aromatic carbocycles. The number of aromatic nitrogens is 1. The van der Waals surface area contributed by atoms with Crippen LogP contribution < -0.4 is 4.90 Å². The Morgan fingerprint density at radius 1 is 1.15 bits per heavy atom. The number of carbonyl (C=O) groups is 1.